The van der Waals surface area contributed by atoms with Gasteiger partial charge in [-0.25, -0.2) is 0 Å². The number of hydrogen-bond acceptors (Lipinski definition) is 3. The predicted octanol–water partition coefficient (Wildman–Crippen LogP) is 6.84. The Morgan fingerprint density at radius 3 is 1.14 bits per heavy atom. The molecule has 0 unspecified atom stereocenters. The third kappa shape index (κ3) is 12.3. The predicted molar refractivity (Wildman–Crippen MR) is 191 cm³/mol. The van der Waals surface area contributed by atoms with Crippen LogP contribution in [-0.2, 0) is 9.00 Å². The first-order valence-electron chi connectivity index (χ1n) is 17.5. The average molecular weight is 618 g/mol. The zero-order valence-corrected chi connectivity index (χ0v) is 29.5. The molecule has 0 heterocycles. The lowest BCUT2D eigenvalue weighted by Crippen LogP contribution is -2.72. The highest BCUT2D eigenvalue weighted by atomic mass is 28.4. The van der Waals surface area contributed by atoms with Crippen LogP contribution < -0.4 is 20.6 Å². The molecule has 3 aromatic carbocycles. The first kappa shape index (κ1) is 38.0. The van der Waals surface area contributed by atoms with Crippen LogP contribution in [0, 0.1) is 0 Å². The van der Waals surface area contributed by atoms with Gasteiger partial charge in [-0.05, 0) is 47.7 Å². The quantitative estimate of drug-likeness (QED) is 0.0569. The van der Waals surface area contributed by atoms with Gasteiger partial charge in [0.1, 0.15) is 0 Å². The molecule has 0 N–H and O–H groups in total. The van der Waals surface area contributed by atoms with Crippen molar-refractivity contribution in [1.29, 1.82) is 0 Å². The van der Waals surface area contributed by atoms with Crippen LogP contribution in [0.1, 0.15) is 98.8 Å². The number of hydrogen-bond donors (Lipinski definition) is 0. The summed E-state index contributed by atoms with van der Waals surface area (Å²) < 4.78 is 13.2. The van der Waals surface area contributed by atoms with Crippen LogP contribution in [0.3, 0.4) is 0 Å². The molecule has 4 nitrogen and oxygen atoms in total. The summed E-state index contributed by atoms with van der Waals surface area (Å²) >= 11 is 0. The molecule has 0 radical (unpaired) electrons. The van der Waals surface area contributed by atoms with Crippen LogP contribution >= 0.6 is 0 Å². The zero-order chi connectivity index (χ0) is 31.9. The molecule has 3 rings (SSSR count). The summed E-state index contributed by atoms with van der Waals surface area (Å²) in [5.41, 5.74) is 0. The van der Waals surface area contributed by atoms with Crippen molar-refractivity contribution in [2.45, 2.75) is 98.8 Å². The van der Waals surface area contributed by atoms with Crippen molar-refractivity contribution < 1.29 is 18.5 Å². The van der Waals surface area contributed by atoms with Crippen LogP contribution in [0.25, 0.3) is 0 Å². The van der Waals surface area contributed by atoms with Gasteiger partial charge in [0.2, 0.25) is 0 Å². The molecule has 242 valence electrons. The smallest absolute Gasteiger partial charge is 0.334 e. The zero-order valence-electron chi connectivity index (χ0n) is 28.5. The Labute approximate surface area is 271 Å². The maximum atomic E-state index is 12.7. The summed E-state index contributed by atoms with van der Waals surface area (Å²) in [5.74, 6) is 0. The largest absolute Gasteiger partial charge is 0.832 e. The summed E-state index contributed by atoms with van der Waals surface area (Å²) in [6.07, 6.45) is 12.9. The highest BCUT2D eigenvalue weighted by molar-refractivity contribution is 7.08. The minimum absolute atomic E-state index is 0.410. The highest BCUT2D eigenvalue weighted by Crippen LogP contribution is 2.16. The second-order valence-electron chi connectivity index (χ2n) is 12.1. The molecule has 44 heavy (non-hydrogen) atoms. The van der Waals surface area contributed by atoms with Crippen molar-refractivity contribution in [1.82, 2.24) is 0 Å². The fourth-order valence-corrected chi connectivity index (χ4v) is 9.62. The van der Waals surface area contributed by atoms with Crippen molar-refractivity contribution in [2.24, 2.45) is 0 Å². The Hall–Kier alpha value is -2.22. The van der Waals surface area contributed by atoms with Crippen molar-refractivity contribution in [2.75, 3.05) is 32.8 Å². The van der Waals surface area contributed by atoms with Crippen molar-refractivity contribution in [3.8, 4) is 0 Å². The van der Waals surface area contributed by atoms with E-state index in [4.69, 9.17) is 9.00 Å². The van der Waals surface area contributed by atoms with Gasteiger partial charge in [-0.2, -0.15) is 0 Å². The van der Waals surface area contributed by atoms with Gasteiger partial charge in [0.25, 0.3) is 8.32 Å². The summed E-state index contributed by atoms with van der Waals surface area (Å²) in [6, 6.07) is 30.2. The van der Waals surface area contributed by atoms with E-state index < -0.39 is 15.6 Å². The summed E-state index contributed by atoms with van der Waals surface area (Å²) in [4.78, 5) is 0. The fourth-order valence-electron chi connectivity index (χ4n) is 5.87. The number of rotatable bonds is 21. The highest BCUT2D eigenvalue weighted by Gasteiger charge is 2.42. The minimum Gasteiger partial charge on any atom is -0.832 e. The molecular formula is C38H60BNO3Si. The Balaban J connectivity index is 0.000000345. The fraction of sp³-hybridized carbons (Fsp3) is 0.526. The van der Waals surface area contributed by atoms with E-state index in [1.807, 2.05) is 91.0 Å². The van der Waals surface area contributed by atoms with E-state index in [9.17, 15) is 5.02 Å². The topological polar surface area (TPSA) is 41.5 Å². The Bertz CT molecular complexity index is 953. The SMILES string of the molecule is CCCCOB([O-])O[Si](c1ccccc1)(c1ccccc1)c1ccccc1.CCCC[N+](CCCC)(CCCC)CCCC. The standard InChI is InChI=1S/C22H24BO3Si.C16H36N/c1-2-3-19-25-23(24)26-27(20-13-7-4-8-14-20,21-15-9-5-10-16-21)22-17-11-6-12-18-22;1-5-9-13-17(14-10-6-2,15-11-7-3)16-12-8-4/h4-18H,2-3,19H2,1H3;5-16H2,1-4H3/q-1;+1. The molecule has 0 aliphatic heterocycles. The second kappa shape index (κ2) is 22.3. The number of benzene rings is 3. The van der Waals surface area contributed by atoms with Crippen molar-refractivity contribution >= 4 is 31.2 Å². The third-order valence-electron chi connectivity index (χ3n) is 8.51. The van der Waals surface area contributed by atoms with E-state index in [1.165, 1.54) is 82.0 Å². The van der Waals surface area contributed by atoms with Crippen molar-refractivity contribution in [3.63, 3.8) is 0 Å². The maximum Gasteiger partial charge on any atom is 0.334 e. The van der Waals surface area contributed by atoms with E-state index in [1.54, 1.807) is 0 Å². The summed E-state index contributed by atoms with van der Waals surface area (Å²) in [5, 5.41) is 15.8. The van der Waals surface area contributed by atoms with Gasteiger partial charge in [-0.15, -0.1) is 0 Å². The second-order valence-corrected chi connectivity index (χ2v) is 15.4. The minimum atomic E-state index is -2.98. The van der Waals surface area contributed by atoms with Gasteiger partial charge in [-0.1, -0.05) is 158 Å². The molecule has 3 aromatic rings. The monoisotopic (exact) mass is 617 g/mol. The first-order valence-corrected chi connectivity index (χ1v) is 19.4. The Morgan fingerprint density at radius 2 is 0.841 bits per heavy atom. The molecule has 0 saturated heterocycles. The van der Waals surface area contributed by atoms with E-state index in [0.29, 0.717) is 6.61 Å². The first-order chi connectivity index (χ1) is 21.5. The van der Waals surface area contributed by atoms with Crippen LogP contribution in [-0.4, -0.2) is 52.9 Å². The molecule has 0 fully saturated rings. The van der Waals surface area contributed by atoms with Gasteiger partial charge >= 0.3 is 7.32 Å². The Morgan fingerprint density at radius 1 is 0.523 bits per heavy atom. The molecular weight excluding hydrogens is 557 g/mol. The van der Waals surface area contributed by atoms with Crippen LogP contribution in [0.5, 0.6) is 0 Å². The Kier molecular flexibility index (Phi) is 19.3. The normalized spacial score (nSPS) is 11.6. The molecule has 0 atom stereocenters. The summed E-state index contributed by atoms with van der Waals surface area (Å²) in [6.45, 7) is 17.5. The molecule has 0 spiro atoms. The maximum absolute atomic E-state index is 12.7. The van der Waals surface area contributed by atoms with E-state index in [-0.39, 0.29) is 0 Å². The lowest BCUT2D eigenvalue weighted by Gasteiger charge is -2.39. The molecule has 6 heteroatoms. The lowest BCUT2D eigenvalue weighted by atomic mass is 10.1. The van der Waals surface area contributed by atoms with Crippen LogP contribution in [0.4, 0.5) is 0 Å². The molecule has 0 aliphatic rings. The van der Waals surface area contributed by atoms with Gasteiger partial charge in [0.15, 0.2) is 0 Å². The van der Waals surface area contributed by atoms with Crippen molar-refractivity contribution in [3.05, 3.63) is 91.0 Å². The molecule has 0 saturated carbocycles. The number of unbranched alkanes of at least 4 members (excludes halogenated alkanes) is 5. The molecule has 0 bridgehead atoms. The molecule has 0 aromatic heterocycles. The van der Waals surface area contributed by atoms with Gasteiger partial charge < -0.3 is 18.5 Å². The van der Waals surface area contributed by atoms with Crippen LogP contribution in [0.15, 0.2) is 91.0 Å². The average Bonchev–Trinajstić information content (AvgIpc) is 3.08. The molecule has 0 amide bonds. The van der Waals surface area contributed by atoms with Gasteiger partial charge in [0.05, 0.1) is 26.2 Å². The number of quaternary nitrogens is 1. The van der Waals surface area contributed by atoms with Gasteiger partial charge in [0, 0.05) is 6.61 Å². The third-order valence-corrected chi connectivity index (χ3v) is 12.5. The number of nitrogens with zero attached hydrogens (tertiary/aromatic N) is 1. The van der Waals surface area contributed by atoms with E-state index >= 15 is 0 Å². The van der Waals surface area contributed by atoms with E-state index in [2.05, 4.69) is 34.6 Å². The molecule has 0 aliphatic carbocycles. The van der Waals surface area contributed by atoms with Crippen LogP contribution in [0.2, 0.25) is 0 Å². The summed E-state index contributed by atoms with van der Waals surface area (Å²) in [7, 11) is -4.51. The van der Waals surface area contributed by atoms with E-state index in [0.717, 1.165) is 28.4 Å². The lowest BCUT2D eigenvalue weighted by molar-refractivity contribution is -0.929. The van der Waals surface area contributed by atoms with Gasteiger partial charge in [-0.3, -0.25) is 0 Å².